The third-order valence-electron chi connectivity index (χ3n) is 3.06. The number of rotatable bonds is 5. The molecule has 102 valence electrons. The van der Waals surface area contributed by atoms with Crippen LogP contribution in [0.2, 0.25) is 5.02 Å². The van der Waals surface area contributed by atoms with Gasteiger partial charge in [0, 0.05) is 17.8 Å². The fourth-order valence-electron chi connectivity index (χ4n) is 2.13. The molecule has 0 aliphatic heterocycles. The first-order valence-corrected chi connectivity index (χ1v) is 7.03. The Morgan fingerprint density at radius 2 is 2.21 bits per heavy atom. The van der Waals surface area contributed by atoms with Crippen molar-refractivity contribution in [2.75, 3.05) is 5.32 Å². The molecule has 2 aromatic rings. The standard InChI is InChI=1S/C15H20ClN3/c1-4-8-19-10-11(2)17-15(19)18-12(3)13-6-5-7-14(16)9-13/h5-7,9-10,12H,4,8H2,1-3H3,(H,17,18). The highest BCUT2D eigenvalue weighted by Gasteiger charge is 2.10. The molecular weight excluding hydrogens is 258 g/mol. The zero-order chi connectivity index (χ0) is 13.8. The van der Waals surface area contributed by atoms with Crippen molar-refractivity contribution in [2.45, 2.75) is 39.8 Å². The largest absolute Gasteiger partial charge is 0.349 e. The van der Waals surface area contributed by atoms with Crippen molar-refractivity contribution in [3.8, 4) is 0 Å². The normalized spacial score (nSPS) is 12.4. The molecule has 0 saturated heterocycles. The van der Waals surface area contributed by atoms with Gasteiger partial charge in [-0.05, 0) is 38.0 Å². The third kappa shape index (κ3) is 3.51. The summed E-state index contributed by atoms with van der Waals surface area (Å²) in [6, 6.07) is 8.10. The zero-order valence-electron chi connectivity index (χ0n) is 11.7. The van der Waals surface area contributed by atoms with Crippen LogP contribution in [-0.2, 0) is 6.54 Å². The average molecular weight is 278 g/mol. The smallest absolute Gasteiger partial charge is 0.203 e. The second kappa shape index (κ2) is 6.11. The molecule has 0 aliphatic rings. The van der Waals surface area contributed by atoms with Gasteiger partial charge in [0.25, 0.3) is 0 Å². The maximum Gasteiger partial charge on any atom is 0.203 e. The Morgan fingerprint density at radius 1 is 1.42 bits per heavy atom. The fraction of sp³-hybridized carbons (Fsp3) is 0.400. The highest BCUT2D eigenvalue weighted by Crippen LogP contribution is 2.21. The van der Waals surface area contributed by atoms with Crippen LogP contribution >= 0.6 is 11.6 Å². The van der Waals surface area contributed by atoms with Crippen LogP contribution in [0.25, 0.3) is 0 Å². The van der Waals surface area contributed by atoms with E-state index >= 15 is 0 Å². The van der Waals surface area contributed by atoms with Crippen LogP contribution in [0, 0.1) is 6.92 Å². The summed E-state index contributed by atoms with van der Waals surface area (Å²) >= 11 is 6.03. The molecule has 1 atom stereocenters. The van der Waals surface area contributed by atoms with Crippen LogP contribution in [0.3, 0.4) is 0 Å². The van der Waals surface area contributed by atoms with Crippen LogP contribution < -0.4 is 5.32 Å². The highest BCUT2D eigenvalue weighted by atomic mass is 35.5. The highest BCUT2D eigenvalue weighted by molar-refractivity contribution is 6.30. The Kier molecular flexibility index (Phi) is 4.48. The van der Waals surface area contributed by atoms with Gasteiger partial charge in [-0.2, -0.15) is 0 Å². The quantitative estimate of drug-likeness (QED) is 0.876. The van der Waals surface area contributed by atoms with Gasteiger partial charge in [-0.3, -0.25) is 0 Å². The number of halogens is 1. The molecule has 3 nitrogen and oxygen atoms in total. The van der Waals surface area contributed by atoms with Gasteiger partial charge >= 0.3 is 0 Å². The summed E-state index contributed by atoms with van der Waals surface area (Å²) in [6.45, 7) is 7.28. The predicted octanol–water partition coefficient (Wildman–Crippen LogP) is 4.43. The number of hydrogen-bond acceptors (Lipinski definition) is 2. The van der Waals surface area contributed by atoms with Gasteiger partial charge in [-0.1, -0.05) is 30.7 Å². The summed E-state index contributed by atoms with van der Waals surface area (Å²) in [5.74, 6) is 0.923. The molecule has 4 heteroatoms. The first kappa shape index (κ1) is 13.9. The summed E-state index contributed by atoms with van der Waals surface area (Å²) in [4.78, 5) is 4.54. The van der Waals surface area contributed by atoms with Crippen molar-refractivity contribution >= 4 is 17.5 Å². The van der Waals surface area contributed by atoms with Crippen LogP contribution in [0.4, 0.5) is 5.95 Å². The summed E-state index contributed by atoms with van der Waals surface area (Å²) in [5.41, 5.74) is 2.20. The maximum atomic E-state index is 6.03. The molecule has 0 aliphatic carbocycles. The molecule has 1 heterocycles. The summed E-state index contributed by atoms with van der Waals surface area (Å²) < 4.78 is 2.16. The molecule has 0 radical (unpaired) electrons. The molecule has 0 spiro atoms. The molecule has 1 N–H and O–H groups in total. The molecule has 1 unspecified atom stereocenters. The molecule has 0 amide bonds. The van der Waals surface area contributed by atoms with Crippen molar-refractivity contribution < 1.29 is 0 Å². The van der Waals surface area contributed by atoms with Gasteiger partial charge in [-0.15, -0.1) is 0 Å². The number of benzene rings is 1. The number of imidazole rings is 1. The van der Waals surface area contributed by atoms with E-state index < -0.39 is 0 Å². The molecule has 1 aromatic heterocycles. The number of hydrogen-bond donors (Lipinski definition) is 1. The van der Waals surface area contributed by atoms with Crippen molar-refractivity contribution in [3.63, 3.8) is 0 Å². The van der Waals surface area contributed by atoms with Gasteiger partial charge in [-0.25, -0.2) is 4.98 Å². The predicted molar refractivity (Wildman–Crippen MR) is 80.7 cm³/mol. The lowest BCUT2D eigenvalue weighted by Crippen LogP contribution is -2.11. The van der Waals surface area contributed by atoms with E-state index in [4.69, 9.17) is 11.6 Å². The monoisotopic (exact) mass is 277 g/mol. The van der Waals surface area contributed by atoms with E-state index in [1.165, 1.54) is 0 Å². The van der Waals surface area contributed by atoms with Gasteiger partial charge in [0.05, 0.1) is 11.7 Å². The van der Waals surface area contributed by atoms with Crippen molar-refractivity contribution in [2.24, 2.45) is 0 Å². The van der Waals surface area contributed by atoms with Crippen molar-refractivity contribution in [1.82, 2.24) is 9.55 Å². The number of anilines is 1. The van der Waals surface area contributed by atoms with Crippen LogP contribution in [-0.4, -0.2) is 9.55 Å². The van der Waals surface area contributed by atoms with E-state index in [9.17, 15) is 0 Å². The second-order valence-corrected chi connectivity index (χ2v) is 5.26. The topological polar surface area (TPSA) is 29.9 Å². The molecule has 1 aromatic carbocycles. The minimum atomic E-state index is 0.177. The molecule has 19 heavy (non-hydrogen) atoms. The third-order valence-corrected chi connectivity index (χ3v) is 3.29. The number of nitrogens with one attached hydrogen (secondary N) is 1. The summed E-state index contributed by atoms with van der Waals surface area (Å²) in [5, 5.41) is 4.22. The van der Waals surface area contributed by atoms with E-state index in [1.54, 1.807) is 0 Å². The Balaban J connectivity index is 2.16. The van der Waals surface area contributed by atoms with E-state index in [0.29, 0.717) is 0 Å². The number of nitrogens with zero attached hydrogens (tertiary/aromatic N) is 2. The summed E-state index contributed by atoms with van der Waals surface area (Å²) in [7, 11) is 0. The fourth-order valence-corrected chi connectivity index (χ4v) is 2.32. The van der Waals surface area contributed by atoms with Crippen molar-refractivity contribution in [1.29, 1.82) is 0 Å². The minimum absolute atomic E-state index is 0.177. The van der Waals surface area contributed by atoms with Gasteiger partial charge in [0.2, 0.25) is 5.95 Å². The Labute approximate surface area is 119 Å². The Hall–Kier alpha value is -1.48. The second-order valence-electron chi connectivity index (χ2n) is 4.82. The van der Waals surface area contributed by atoms with E-state index in [1.807, 2.05) is 25.1 Å². The first-order valence-electron chi connectivity index (χ1n) is 6.66. The lowest BCUT2D eigenvalue weighted by molar-refractivity contribution is 0.674. The SMILES string of the molecule is CCCn1cc(C)nc1NC(C)c1cccc(Cl)c1. The molecule has 0 saturated carbocycles. The molecule has 2 rings (SSSR count). The van der Waals surface area contributed by atoms with Crippen LogP contribution in [0.5, 0.6) is 0 Å². The molecule has 0 fully saturated rings. The van der Waals surface area contributed by atoms with Gasteiger partial charge < -0.3 is 9.88 Å². The Morgan fingerprint density at radius 3 is 2.89 bits per heavy atom. The van der Waals surface area contributed by atoms with Gasteiger partial charge in [0.15, 0.2) is 0 Å². The summed E-state index contributed by atoms with van der Waals surface area (Å²) in [6.07, 6.45) is 3.17. The average Bonchev–Trinajstić information content (AvgIpc) is 2.70. The van der Waals surface area contributed by atoms with Crippen LogP contribution in [0.1, 0.15) is 37.6 Å². The first-order chi connectivity index (χ1) is 9.10. The number of aromatic nitrogens is 2. The number of aryl methyl sites for hydroxylation is 2. The van der Waals surface area contributed by atoms with E-state index in [2.05, 4.69) is 41.0 Å². The zero-order valence-corrected chi connectivity index (χ0v) is 12.4. The lowest BCUT2D eigenvalue weighted by Gasteiger charge is -2.16. The molecule has 0 bridgehead atoms. The van der Waals surface area contributed by atoms with Crippen molar-refractivity contribution in [3.05, 3.63) is 46.7 Å². The van der Waals surface area contributed by atoms with Gasteiger partial charge in [0.1, 0.15) is 0 Å². The van der Waals surface area contributed by atoms with E-state index in [0.717, 1.165) is 35.2 Å². The lowest BCUT2D eigenvalue weighted by atomic mass is 10.1. The van der Waals surface area contributed by atoms with Crippen LogP contribution in [0.15, 0.2) is 30.5 Å². The molecular formula is C15H20ClN3. The van der Waals surface area contributed by atoms with E-state index in [-0.39, 0.29) is 6.04 Å². The minimum Gasteiger partial charge on any atom is -0.349 e. The maximum absolute atomic E-state index is 6.03. The Bertz CT molecular complexity index is 548.